The molecule has 0 aromatic rings. The van der Waals surface area contributed by atoms with E-state index in [-0.39, 0.29) is 17.5 Å². The fourth-order valence-corrected chi connectivity index (χ4v) is 2.42. The number of ether oxygens (including phenoxy) is 2. The van der Waals surface area contributed by atoms with Crippen molar-refractivity contribution in [1.29, 1.82) is 0 Å². The normalized spacial score (nSPS) is 19.5. The number of methoxy groups -OCH3 is 1. The molecule has 20 heavy (non-hydrogen) atoms. The molecular weight excluding hydrogens is 252 g/mol. The molecule has 0 aromatic carbocycles. The lowest BCUT2D eigenvalue weighted by Crippen LogP contribution is -2.19. The van der Waals surface area contributed by atoms with Crippen molar-refractivity contribution < 1.29 is 14.3 Å². The second-order valence-corrected chi connectivity index (χ2v) is 6.53. The number of carbonyl (C=O) groups is 1. The molecule has 1 atom stereocenters. The van der Waals surface area contributed by atoms with Crippen LogP contribution in [0.25, 0.3) is 0 Å². The molecule has 0 aliphatic heterocycles. The number of Topliss-reactive ketones (excluding diaryl/α,β-unsaturated/α-hetero) is 1. The van der Waals surface area contributed by atoms with Gasteiger partial charge in [0.25, 0.3) is 0 Å². The van der Waals surface area contributed by atoms with Crippen molar-refractivity contribution >= 4 is 5.78 Å². The average Bonchev–Trinajstić information content (AvgIpc) is 2.72. The number of rotatable bonds is 9. The van der Waals surface area contributed by atoms with E-state index in [1.807, 2.05) is 6.08 Å². The van der Waals surface area contributed by atoms with Gasteiger partial charge in [0.2, 0.25) is 0 Å². The first kappa shape index (κ1) is 17.4. The lowest BCUT2D eigenvalue weighted by Gasteiger charge is -2.19. The minimum atomic E-state index is -0.209. The first-order chi connectivity index (χ1) is 9.44. The molecular formula is C17H30O3. The molecule has 0 fully saturated rings. The summed E-state index contributed by atoms with van der Waals surface area (Å²) in [5.41, 5.74) is 0.959. The van der Waals surface area contributed by atoms with Crippen molar-refractivity contribution in [3.63, 3.8) is 0 Å². The second-order valence-electron chi connectivity index (χ2n) is 6.53. The minimum Gasteiger partial charge on any atom is -0.376 e. The van der Waals surface area contributed by atoms with Gasteiger partial charge < -0.3 is 9.47 Å². The molecule has 0 saturated heterocycles. The molecule has 0 bridgehead atoms. The fourth-order valence-electron chi connectivity index (χ4n) is 2.42. The van der Waals surface area contributed by atoms with Gasteiger partial charge in [0.1, 0.15) is 6.10 Å². The number of unbranched alkanes of at least 4 members (excludes halogenated alkanes) is 4. The molecule has 0 aromatic heterocycles. The summed E-state index contributed by atoms with van der Waals surface area (Å²) in [4.78, 5) is 11.8. The third-order valence-corrected chi connectivity index (χ3v) is 3.60. The van der Waals surface area contributed by atoms with E-state index in [1.165, 1.54) is 19.3 Å². The van der Waals surface area contributed by atoms with Crippen molar-refractivity contribution in [2.24, 2.45) is 0 Å². The van der Waals surface area contributed by atoms with E-state index < -0.39 is 0 Å². The molecule has 0 amide bonds. The topological polar surface area (TPSA) is 35.5 Å². The van der Waals surface area contributed by atoms with E-state index >= 15 is 0 Å². The number of hydrogen-bond donors (Lipinski definition) is 0. The monoisotopic (exact) mass is 282 g/mol. The summed E-state index contributed by atoms with van der Waals surface area (Å²) >= 11 is 0. The maximum atomic E-state index is 11.8. The quantitative estimate of drug-likeness (QED) is 0.598. The Hall–Kier alpha value is -0.670. The van der Waals surface area contributed by atoms with Gasteiger partial charge in [0.15, 0.2) is 5.78 Å². The molecule has 3 nitrogen and oxygen atoms in total. The van der Waals surface area contributed by atoms with Gasteiger partial charge in [-0.25, -0.2) is 0 Å². The van der Waals surface area contributed by atoms with Crippen LogP contribution in [0.4, 0.5) is 0 Å². The summed E-state index contributed by atoms with van der Waals surface area (Å²) in [6, 6.07) is 0. The SMILES string of the molecule is COC1CC=C(CCCCCCCOC(C)(C)C)C1=O. The van der Waals surface area contributed by atoms with E-state index in [2.05, 4.69) is 20.8 Å². The van der Waals surface area contributed by atoms with Crippen LogP contribution < -0.4 is 0 Å². The van der Waals surface area contributed by atoms with E-state index in [9.17, 15) is 4.79 Å². The van der Waals surface area contributed by atoms with Crippen molar-refractivity contribution in [1.82, 2.24) is 0 Å². The van der Waals surface area contributed by atoms with Crippen LogP contribution in [-0.2, 0) is 14.3 Å². The smallest absolute Gasteiger partial charge is 0.187 e. The zero-order valence-corrected chi connectivity index (χ0v) is 13.5. The molecule has 0 radical (unpaired) electrons. The Morgan fingerprint density at radius 3 is 2.40 bits per heavy atom. The van der Waals surface area contributed by atoms with Gasteiger partial charge in [-0.2, -0.15) is 0 Å². The highest BCUT2D eigenvalue weighted by atomic mass is 16.5. The van der Waals surface area contributed by atoms with Crippen LogP contribution in [0, 0.1) is 0 Å². The first-order valence-corrected chi connectivity index (χ1v) is 7.84. The van der Waals surface area contributed by atoms with Crippen LogP contribution in [0.2, 0.25) is 0 Å². The molecule has 0 spiro atoms. The Labute approximate surface area is 123 Å². The zero-order chi connectivity index (χ0) is 15.0. The van der Waals surface area contributed by atoms with Crippen LogP contribution in [0.15, 0.2) is 11.6 Å². The molecule has 1 unspecified atom stereocenters. The van der Waals surface area contributed by atoms with Gasteiger partial charge in [0.05, 0.1) is 5.60 Å². The zero-order valence-electron chi connectivity index (χ0n) is 13.5. The fraction of sp³-hybridized carbons (Fsp3) is 0.824. The summed E-state index contributed by atoms with van der Waals surface area (Å²) in [6.45, 7) is 7.12. The van der Waals surface area contributed by atoms with E-state index in [0.717, 1.165) is 37.9 Å². The molecule has 1 aliphatic carbocycles. The van der Waals surface area contributed by atoms with E-state index in [4.69, 9.17) is 9.47 Å². The van der Waals surface area contributed by atoms with E-state index in [0.29, 0.717) is 0 Å². The van der Waals surface area contributed by atoms with Crippen LogP contribution in [0.1, 0.15) is 65.7 Å². The summed E-state index contributed by atoms with van der Waals surface area (Å²) in [5.74, 6) is 0.200. The van der Waals surface area contributed by atoms with Gasteiger partial charge in [-0.15, -0.1) is 0 Å². The summed E-state index contributed by atoms with van der Waals surface area (Å²) in [5, 5.41) is 0. The van der Waals surface area contributed by atoms with Crippen molar-refractivity contribution in [3.8, 4) is 0 Å². The molecule has 116 valence electrons. The highest BCUT2D eigenvalue weighted by Crippen LogP contribution is 2.22. The number of hydrogen-bond acceptors (Lipinski definition) is 3. The van der Waals surface area contributed by atoms with Crippen LogP contribution in [-0.4, -0.2) is 31.2 Å². The average molecular weight is 282 g/mol. The van der Waals surface area contributed by atoms with Crippen molar-refractivity contribution in [2.75, 3.05) is 13.7 Å². The van der Waals surface area contributed by atoms with Crippen molar-refractivity contribution in [2.45, 2.75) is 77.4 Å². The predicted molar refractivity (Wildman–Crippen MR) is 81.9 cm³/mol. The highest BCUT2D eigenvalue weighted by molar-refractivity contribution is 6.01. The Kier molecular flexibility index (Phi) is 7.46. The highest BCUT2D eigenvalue weighted by Gasteiger charge is 2.25. The molecule has 3 heteroatoms. The van der Waals surface area contributed by atoms with Gasteiger partial charge in [0, 0.05) is 13.7 Å². The Bertz CT molecular complexity index is 326. The van der Waals surface area contributed by atoms with Gasteiger partial charge >= 0.3 is 0 Å². The number of ketones is 1. The van der Waals surface area contributed by atoms with Gasteiger partial charge in [-0.05, 0) is 52.0 Å². The molecule has 0 saturated carbocycles. The Morgan fingerprint density at radius 1 is 1.15 bits per heavy atom. The summed E-state index contributed by atoms with van der Waals surface area (Å²) in [6.07, 6.45) is 9.38. The van der Waals surface area contributed by atoms with Crippen LogP contribution >= 0.6 is 0 Å². The van der Waals surface area contributed by atoms with Gasteiger partial charge in [-0.1, -0.05) is 25.3 Å². The first-order valence-electron chi connectivity index (χ1n) is 7.84. The van der Waals surface area contributed by atoms with Crippen LogP contribution in [0.5, 0.6) is 0 Å². The van der Waals surface area contributed by atoms with E-state index in [1.54, 1.807) is 7.11 Å². The Balaban J connectivity index is 1.97. The van der Waals surface area contributed by atoms with Crippen LogP contribution in [0.3, 0.4) is 0 Å². The third-order valence-electron chi connectivity index (χ3n) is 3.60. The molecule has 0 N–H and O–H groups in total. The predicted octanol–water partition coefficient (Wildman–Crippen LogP) is 4.06. The minimum absolute atomic E-state index is 0.0206. The van der Waals surface area contributed by atoms with Gasteiger partial charge in [-0.3, -0.25) is 4.79 Å². The second kappa shape index (κ2) is 8.58. The lowest BCUT2D eigenvalue weighted by molar-refractivity contribution is -0.123. The lowest BCUT2D eigenvalue weighted by atomic mass is 10.0. The summed E-state index contributed by atoms with van der Waals surface area (Å²) in [7, 11) is 1.61. The standard InChI is InChI=1S/C17H30O3/c1-17(2,3)20-13-9-7-5-6-8-10-14-11-12-15(19-4)16(14)18/h11,15H,5-10,12-13H2,1-4H3. The maximum Gasteiger partial charge on any atom is 0.187 e. The molecule has 0 heterocycles. The Morgan fingerprint density at radius 2 is 1.80 bits per heavy atom. The molecule has 1 rings (SSSR count). The summed E-state index contributed by atoms with van der Waals surface area (Å²) < 4.78 is 10.8. The maximum absolute atomic E-state index is 11.8. The van der Waals surface area contributed by atoms with Crippen molar-refractivity contribution in [3.05, 3.63) is 11.6 Å². The molecule has 1 aliphatic rings. The number of carbonyl (C=O) groups excluding carboxylic acids is 1. The largest absolute Gasteiger partial charge is 0.376 e. The third kappa shape index (κ3) is 6.67.